The Morgan fingerprint density at radius 2 is 1.98 bits per heavy atom. The quantitative estimate of drug-likeness (QED) is 0.372. The monoisotopic (exact) mass is 546 g/mol. The summed E-state index contributed by atoms with van der Waals surface area (Å²) in [6.07, 6.45) is 8.51. The maximum atomic E-state index is 14.9. The standard InChI is InChI=1S/C31H35FN4O4/c1-18(31(37)38)29(20-6-7-20)21-8-5-19-9-10-26(40-27(19)13-21)24-16-34-30(22-14-28(39-2)33-15-23(22)32)25(35-24)17-36-11-3-4-12-36/h5,8,13-16,18,20,26,29H,3-4,6-7,9-12,17H2,1-2H3,(H,37,38)/t18-,26-,29-/m0/s1. The Balaban J connectivity index is 1.31. The summed E-state index contributed by atoms with van der Waals surface area (Å²) in [5.74, 6) is -0.205. The molecule has 8 nitrogen and oxygen atoms in total. The first kappa shape index (κ1) is 26.6. The highest BCUT2D eigenvalue weighted by Gasteiger charge is 2.39. The summed E-state index contributed by atoms with van der Waals surface area (Å²) in [5.41, 5.74) is 4.37. The molecule has 0 spiro atoms. The molecule has 0 amide bonds. The van der Waals surface area contributed by atoms with E-state index in [1.165, 1.54) is 7.11 Å². The first-order valence-corrected chi connectivity index (χ1v) is 14.2. The maximum Gasteiger partial charge on any atom is 0.306 e. The van der Waals surface area contributed by atoms with Gasteiger partial charge in [-0.1, -0.05) is 19.1 Å². The van der Waals surface area contributed by atoms with E-state index in [4.69, 9.17) is 19.4 Å². The molecule has 1 aromatic carbocycles. The average Bonchev–Trinajstić information content (AvgIpc) is 3.67. The second-order valence-electron chi connectivity index (χ2n) is 11.3. The number of carboxylic acid groups (broad SMARTS) is 1. The zero-order valence-electron chi connectivity index (χ0n) is 23.0. The number of hydrogen-bond acceptors (Lipinski definition) is 7. The molecule has 2 aromatic heterocycles. The number of likely N-dealkylation sites (tertiary alicyclic amines) is 1. The molecule has 0 radical (unpaired) electrons. The van der Waals surface area contributed by atoms with Crippen LogP contribution in [0.2, 0.25) is 0 Å². The number of rotatable bonds is 9. The number of ether oxygens (including phenoxy) is 2. The highest BCUT2D eigenvalue weighted by molar-refractivity contribution is 5.71. The molecule has 1 saturated heterocycles. The van der Waals surface area contributed by atoms with Crippen molar-refractivity contribution in [1.29, 1.82) is 0 Å². The summed E-state index contributed by atoms with van der Waals surface area (Å²) in [6.45, 7) is 4.32. The van der Waals surface area contributed by atoms with E-state index in [-0.39, 0.29) is 12.0 Å². The number of methoxy groups -OCH3 is 1. The van der Waals surface area contributed by atoms with Crippen molar-refractivity contribution in [1.82, 2.24) is 19.9 Å². The number of aryl methyl sites for hydroxylation is 1. The van der Waals surface area contributed by atoms with Gasteiger partial charge in [0.25, 0.3) is 0 Å². The molecule has 6 rings (SSSR count). The summed E-state index contributed by atoms with van der Waals surface area (Å²) in [7, 11) is 1.50. The van der Waals surface area contributed by atoms with Crippen molar-refractivity contribution in [2.45, 2.75) is 64.0 Å². The fraction of sp³-hybridized carbons (Fsp3) is 0.484. The van der Waals surface area contributed by atoms with Gasteiger partial charge in [-0.05, 0) is 80.6 Å². The van der Waals surface area contributed by atoms with E-state index in [0.29, 0.717) is 41.0 Å². The predicted molar refractivity (Wildman–Crippen MR) is 147 cm³/mol. The van der Waals surface area contributed by atoms with Crippen LogP contribution in [-0.2, 0) is 17.8 Å². The lowest BCUT2D eigenvalue weighted by molar-refractivity contribution is -0.142. The van der Waals surface area contributed by atoms with Crippen LogP contribution in [-0.4, -0.2) is 51.1 Å². The van der Waals surface area contributed by atoms with Crippen LogP contribution in [0.1, 0.15) is 73.6 Å². The van der Waals surface area contributed by atoms with Crippen LogP contribution in [0.15, 0.2) is 36.7 Å². The maximum absolute atomic E-state index is 14.9. The molecular formula is C31H35FN4O4. The minimum Gasteiger partial charge on any atom is -0.484 e. The third-order valence-electron chi connectivity index (χ3n) is 8.54. The molecule has 2 aliphatic heterocycles. The SMILES string of the molecule is COc1cc(-c2ncc([C@@H]3CCc4ccc([C@H](C5CC5)[C@H](C)C(=O)O)cc4O3)nc2CN2CCCC2)c(F)cn1. The van der Waals surface area contributed by atoms with Crippen LogP contribution in [0.3, 0.4) is 0 Å². The van der Waals surface area contributed by atoms with Crippen molar-refractivity contribution < 1.29 is 23.8 Å². The number of carboxylic acids is 1. The number of aliphatic carboxylic acids is 1. The molecule has 0 unspecified atom stereocenters. The smallest absolute Gasteiger partial charge is 0.306 e. The summed E-state index contributed by atoms with van der Waals surface area (Å²) in [5, 5.41) is 9.71. The van der Waals surface area contributed by atoms with Gasteiger partial charge >= 0.3 is 5.97 Å². The van der Waals surface area contributed by atoms with Crippen LogP contribution in [0, 0.1) is 17.7 Å². The highest BCUT2D eigenvalue weighted by atomic mass is 19.1. The van der Waals surface area contributed by atoms with Crippen molar-refractivity contribution in [2.24, 2.45) is 11.8 Å². The molecule has 0 bridgehead atoms. The molecule has 3 aromatic rings. The zero-order valence-corrected chi connectivity index (χ0v) is 23.0. The van der Waals surface area contributed by atoms with Crippen molar-refractivity contribution in [3.63, 3.8) is 0 Å². The number of pyridine rings is 1. The number of benzene rings is 1. The van der Waals surface area contributed by atoms with Gasteiger partial charge in [-0.15, -0.1) is 0 Å². The normalized spacial score (nSPS) is 20.4. The van der Waals surface area contributed by atoms with Gasteiger partial charge in [-0.25, -0.2) is 14.4 Å². The van der Waals surface area contributed by atoms with E-state index in [1.807, 2.05) is 6.07 Å². The molecule has 1 saturated carbocycles. The number of nitrogens with zero attached hydrogens (tertiary/aromatic N) is 4. The minimum absolute atomic E-state index is 0.0230. The number of hydrogen-bond donors (Lipinski definition) is 1. The van der Waals surface area contributed by atoms with Gasteiger partial charge in [-0.2, -0.15) is 0 Å². The minimum atomic E-state index is -0.766. The van der Waals surface area contributed by atoms with E-state index in [9.17, 15) is 14.3 Å². The molecule has 2 fully saturated rings. The molecule has 4 heterocycles. The Bertz CT molecular complexity index is 1410. The van der Waals surface area contributed by atoms with Gasteiger partial charge in [-0.3, -0.25) is 14.7 Å². The molecule has 210 valence electrons. The van der Waals surface area contributed by atoms with E-state index in [0.717, 1.165) is 74.7 Å². The van der Waals surface area contributed by atoms with Gasteiger partial charge in [0.1, 0.15) is 11.9 Å². The van der Waals surface area contributed by atoms with Crippen LogP contribution in [0.5, 0.6) is 11.6 Å². The van der Waals surface area contributed by atoms with Crippen LogP contribution >= 0.6 is 0 Å². The molecule has 1 aliphatic carbocycles. The molecule has 40 heavy (non-hydrogen) atoms. The number of fused-ring (bicyclic) bond motifs is 1. The number of aromatic nitrogens is 3. The van der Waals surface area contributed by atoms with Crippen LogP contribution in [0.4, 0.5) is 4.39 Å². The molecule has 9 heteroatoms. The second-order valence-corrected chi connectivity index (χ2v) is 11.3. The summed E-state index contributed by atoms with van der Waals surface area (Å²) in [4.78, 5) is 27.9. The van der Waals surface area contributed by atoms with E-state index >= 15 is 0 Å². The Morgan fingerprint density at radius 1 is 1.18 bits per heavy atom. The summed E-state index contributed by atoms with van der Waals surface area (Å²) < 4.78 is 26.7. The fourth-order valence-electron chi connectivity index (χ4n) is 6.18. The van der Waals surface area contributed by atoms with Gasteiger partial charge in [0.15, 0.2) is 5.82 Å². The topological polar surface area (TPSA) is 97.7 Å². The molecule has 1 N–H and O–H groups in total. The summed E-state index contributed by atoms with van der Waals surface area (Å²) in [6, 6.07) is 7.76. The second kappa shape index (κ2) is 11.1. The van der Waals surface area contributed by atoms with E-state index < -0.39 is 17.7 Å². The van der Waals surface area contributed by atoms with E-state index in [2.05, 4.69) is 22.0 Å². The average molecular weight is 547 g/mol. The largest absolute Gasteiger partial charge is 0.484 e. The van der Waals surface area contributed by atoms with Crippen LogP contribution < -0.4 is 9.47 Å². The van der Waals surface area contributed by atoms with Crippen LogP contribution in [0.25, 0.3) is 11.3 Å². The predicted octanol–water partition coefficient (Wildman–Crippen LogP) is 5.56. The van der Waals surface area contributed by atoms with Crippen molar-refractivity contribution in [3.8, 4) is 22.9 Å². The van der Waals surface area contributed by atoms with Gasteiger partial charge in [0, 0.05) is 18.2 Å². The Hall–Kier alpha value is -3.59. The molecule has 3 aliphatic rings. The lowest BCUT2D eigenvalue weighted by Gasteiger charge is -2.28. The van der Waals surface area contributed by atoms with Gasteiger partial charge in [0.2, 0.25) is 5.88 Å². The number of halogens is 1. The number of carbonyl (C=O) groups is 1. The Morgan fingerprint density at radius 3 is 2.70 bits per heavy atom. The Labute approximate surface area is 233 Å². The fourth-order valence-corrected chi connectivity index (χ4v) is 6.18. The zero-order chi connectivity index (χ0) is 27.8. The Kier molecular flexibility index (Phi) is 7.40. The molecular weight excluding hydrogens is 511 g/mol. The summed E-state index contributed by atoms with van der Waals surface area (Å²) >= 11 is 0. The van der Waals surface area contributed by atoms with Crippen molar-refractivity contribution in [2.75, 3.05) is 20.2 Å². The molecule has 3 atom stereocenters. The van der Waals surface area contributed by atoms with Gasteiger partial charge in [0.05, 0.1) is 42.5 Å². The third kappa shape index (κ3) is 5.39. The lowest BCUT2D eigenvalue weighted by Crippen LogP contribution is -2.23. The van der Waals surface area contributed by atoms with Gasteiger partial charge < -0.3 is 14.6 Å². The van der Waals surface area contributed by atoms with E-state index in [1.54, 1.807) is 19.2 Å². The van der Waals surface area contributed by atoms with Crippen molar-refractivity contribution >= 4 is 5.97 Å². The highest BCUT2D eigenvalue weighted by Crippen LogP contribution is 2.48. The first-order chi connectivity index (χ1) is 19.4. The third-order valence-corrected chi connectivity index (χ3v) is 8.54. The van der Waals surface area contributed by atoms with Crippen molar-refractivity contribution in [3.05, 3.63) is 65.0 Å². The first-order valence-electron chi connectivity index (χ1n) is 14.2. The lowest BCUT2D eigenvalue weighted by atomic mass is 9.82.